The number of amides is 1. The molecule has 1 amide bonds. The third-order valence-corrected chi connectivity index (χ3v) is 4.29. The zero-order valence-corrected chi connectivity index (χ0v) is 13.1. The highest BCUT2D eigenvalue weighted by Gasteiger charge is 2.29. The molecule has 1 aromatic heterocycles. The Bertz CT molecular complexity index is 1050. The Kier molecular flexibility index (Phi) is 3.60. The molecule has 4 nitrogen and oxygen atoms in total. The number of benzene rings is 2. The summed E-state index contributed by atoms with van der Waals surface area (Å²) in [6, 6.07) is 11.6. The number of anilines is 1. The summed E-state index contributed by atoms with van der Waals surface area (Å²) in [5.41, 5.74) is -0.186. The van der Waals surface area contributed by atoms with Crippen LogP contribution in [-0.4, -0.2) is 10.5 Å². The third-order valence-electron chi connectivity index (χ3n) is 4.29. The van der Waals surface area contributed by atoms with Crippen LogP contribution in [0.25, 0.3) is 10.8 Å². The number of pyridine rings is 1. The Balaban J connectivity index is 1.81. The number of hydrogen-bond acceptors (Lipinski definition) is 2. The number of carbonyl (C=O) groups excluding carboxylic acids is 1. The molecule has 3 aromatic rings. The summed E-state index contributed by atoms with van der Waals surface area (Å²) in [6.07, 6.45) is 1.65. The van der Waals surface area contributed by atoms with Gasteiger partial charge in [0.05, 0.1) is 5.69 Å². The summed E-state index contributed by atoms with van der Waals surface area (Å²) in [4.78, 5) is 25.4. The maximum absolute atomic E-state index is 13.8. The van der Waals surface area contributed by atoms with Crippen LogP contribution in [0.4, 0.5) is 14.5 Å². The molecule has 126 valence electrons. The van der Waals surface area contributed by atoms with Crippen molar-refractivity contribution in [1.29, 1.82) is 0 Å². The minimum absolute atomic E-state index is 0.0177. The number of aromatic nitrogens is 1. The van der Waals surface area contributed by atoms with Gasteiger partial charge in [0.2, 0.25) is 0 Å². The molecule has 1 aliphatic rings. The van der Waals surface area contributed by atoms with Crippen molar-refractivity contribution in [2.24, 2.45) is 0 Å². The standard InChI is InChI=1S/C19H14F2N2O2/c20-12-5-8-16(15(21)10-12)22-18(24)17-9-11-3-1-2-4-14(11)19(25)23(17)13-6-7-13/h1-5,8-10,13H,6-7H2,(H,22,24). The monoisotopic (exact) mass is 340 g/mol. The van der Waals surface area contributed by atoms with Crippen LogP contribution in [0.5, 0.6) is 0 Å². The second-order valence-corrected chi connectivity index (χ2v) is 6.10. The first-order valence-electron chi connectivity index (χ1n) is 7.95. The molecular weight excluding hydrogens is 326 g/mol. The predicted octanol–water partition coefficient (Wildman–Crippen LogP) is 3.87. The number of rotatable bonds is 3. The fourth-order valence-corrected chi connectivity index (χ4v) is 2.92. The van der Waals surface area contributed by atoms with Crippen molar-refractivity contribution in [1.82, 2.24) is 4.57 Å². The topological polar surface area (TPSA) is 51.1 Å². The molecule has 0 bridgehead atoms. The number of hydrogen-bond donors (Lipinski definition) is 1. The molecule has 0 saturated heterocycles. The molecule has 1 saturated carbocycles. The van der Waals surface area contributed by atoms with Gasteiger partial charge in [-0.05, 0) is 42.5 Å². The van der Waals surface area contributed by atoms with Crippen molar-refractivity contribution in [2.45, 2.75) is 18.9 Å². The van der Waals surface area contributed by atoms with Gasteiger partial charge in [-0.15, -0.1) is 0 Å². The van der Waals surface area contributed by atoms with Crippen LogP contribution in [0.3, 0.4) is 0 Å². The highest BCUT2D eigenvalue weighted by molar-refractivity contribution is 6.05. The molecule has 0 aliphatic heterocycles. The van der Waals surface area contributed by atoms with E-state index in [0.29, 0.717) is 16.8 Å². The fourth-order valence-electron chi connectivity index (χ4n) is 2.92. The van der Waals surface area contributed by atoms with E-state index in [1.54, 1.807) is 30.3 Å². The van der Waals surface area contributed by atoms with E-state index in [1.807, 2.05) is 0 Å². The maximum Gasteiger partial charge on any atom is 0.272 e. The number of nitrogens with zero attached hydrogens (tertiary/aromatic N) is 1. The molecule has 0 unspecified atom stereocenters. The van der Waals surface area contributed by atoms with Crippen molar-refractivity contribution >= 4 is 22.4 Å². The molecule has 2 aromatic carbocycles. The molecular formula is C19H14F2N2O2. The van der Waals surface area contributed by atoms with Crippen LogP contribution in [0.15, 0.2) is 53.3 Å². The Morgan fingerprint density at radius 1 is 1.08 bits per heavy atom. The molecule has 6 heteroatoms. The molecule has 0 atom stereocenters. The normalized spacial score (nSPS) is 13.8. The minimum atomic E-state index is -0.866. The van der Waals surface area contributed by atoms with Crippen molar-refractivity contribution in [3.05, 3.63) is 76.2 Å². The summed E-state index contributed by atoms with van der Waals surface area (Å²) >= 11 is 0. The van der Waals surface area contributed by atoms with E-state index in [4.69, 9.17) is 0 Å². The molecule has 0 radical (unpaired) electrons. The van der Waals surface area contributed by atoms with E-state index in [-0.39, 0.29) is 23.0 Å². The van der Waals surface area contributed by atoms with Gasteiger partial charge >= 0.3 is 0 Å². The molecule has 25 heavy (non-hydrogen) atoms. The average molecular weight is 340 g/mol. The van der Waals surface area contributed by atoms with E-state index in [9.17, 15) is 18.4 Å². The number of nitrogens with one attached hydrogen (secondary N) is 1. The van der Waals surface area contributed by atoms with Gasteiger partial charge in [-0.25, -0.2) is 8.78 Å². The van der Waals surface area contributed by atoms with Gasteiger partial charge in [0.15, 0.2) is 0 Å². The van der Waals surface area contributed by atoms with Crippen LogP contribution in [0.1, 0.15) is 29.4 Å². The average Bonchev–Trinajstić information content (AvgIpc) is 3.42. The second kappa shape index (κ2) is 5.81. The Morgan fingerprint density at radius 2 is 1.84 bits per heavy atom. The smallest absolute Gasteiger partial charge is 0.272 e. The largest absolute Gasteiger partial charge is 0.318 e. The van der Waals surface area contributed by atoms with Gasteiger partial charge < -0.3 is 9.88 Å². The fraction of sp³-hybridized carbons (Fsp3) is 0.158. The first-order chi connectivity index (χ1) is 12.0. The van der Waals surface area contributed by atoms with Crippen LogP contribution in [-0.2, 0) is 0 Å². The lowest BCUT2D eigenvalue weighted by atomic mass is 10.1. The van der Waals surface area contributed by atoms with Gasteiger partial charge in [-0.1, -0.05) is 18.2 Å². The van der Waals surface area contributed by atoms with Crippen molar-refractivity contribution in [3.63, 3.8) is 0 Å². The van der Waals surface area contributed by atoms with Crippen LogP contribution in [0.2, 0.25) is 0 Å². The highest BCUT2D eigenvalue weighted by Crippen LogP contribution is 2.35. The lowest BCUT2D eigenvalue weighted by molar-refractivity contribution is 0.101. The van der Waals surface area contributed by atoms with Crippen molar-refractivity contribution < 1.29 is 13.6 Å². The van der Waals surface area contributed by atoms with E-state index in [2.05, 4.69) is 5.32 Å². The molecule has 4 rings (SSSR count). The first kappa shape index (κ1) is 15.5. The maximum atomic E-state index is 13.8. The lowest BCUT2D eigenvalue weighted by Crippen LogP contribution is -2.28. The van der Waals surface area contributed by atoms with Crippen molar-refractivity contribution in [2.75, 3.05) is 5.32 Å². The van der Waals surface area contributed by atoms with Gasteiger partial charge in [-0.2, -0.15) is 0 Å². The summed E-state index contributed by atoms with van der Waals surface area (Å²) < 4.78 is 28.3. The van der Waals surface area contributed by atoms with Crippen LogP contribution < -0.4 is 10.9 Å². The van der Waals surface area contributed by atoms with Crippen LogP contribution >= 0.6 is 0 Å². The van der Waals surface area contributed by atoms with Crippen molar-refractivity contribution in [3.8, 4) is 0 Å². The number of fused-ring (bicyclic) bond motifs is 1. The molecule has 0 spiro atoms. The second-order valence-electron chi connectivity index (χ2n) is 6.10. The van der Waals surface area contributed by atoms with Gasteiger partial charge in [0, 0.05) is 17.5 Å². The summed E-state index contributed by atoms with van der Waals surface area (Å²) in [5, 5.41) is 3.62. The summed E-state index contributed by atoms with van der Waals surface area (Å²) in [7, 11) is 0. The van der Waals surface area contributed by atoms with E-state index in [1.165, 1.54) is 4.57 Å². The number of carbonyl (C=O) groups is 1. The highest BCUT2D eigenvalue weighted by atomic mass is 19.1. The predicted molar refractivity (Wildman–Crippen MR) is 90.8 cm³/mol. The molecule has 1 N–H and O–H groups in total. The number of halogens is 2. The SMILES string of the molecule is O=C(Nc1ccc(F)cc1F)c1cc2ccccc2c(=O)n1C1CC1. The third kappa shape index (κ3) is 2.80. The minimum Gasteiger partial charge on any atom is -0.318 e. The Morgan fingerprint density at radius 3 is 2.56 bits per heavy atom. The zero-order valence-electron chi connectivity index (χ0n) is 13.1. The first-order valence-corrected chi connectivity index (χ1v) is 7.95. The van der Waals surface area contributed by atoms with E-state index < -0.39 is 17.5 Å². The Hall–Kier alpha value is -3.02. The summed E-state index contributed by atoms with van der Waals surface area (Å²) in [5.74, 6) is -2.19. The van der Waals surface area contributed by atoms with Gasteiger partial charge in [0.25, 0.3) is 11.5 Å². The lowest BCUT2D eigenvalue weighted by Gasteiger charge is -2.14. The van der Waals surface area contributed by atoms with Gasteiger partial charge in [-0.3, -0.25) is 9.59 Å². The van der Waals surface area contributed by atoms with Gasteiger partial charge in [0.1, 0.15) is 17.3 Å². The summed E-state index contributed by atoms with van der Waals surface area (Å²) in [6.45, 7) is 0. The quantitative estimate of drug-likeness (QED) is 0.787. The van der Waals surface area contributed by atoms with Crippen LogP contribution in [0, 0.1) is 11.6 Å². The zero-order chi connectivity index (χ0) is 17.6. The molecule has 1 aliphatic carbocycles. The molecule has 1 heterocycles. The van der Waals surface area contributed by atoms with E-state index in [0.717, 1.165) is 25.0 Å². The Labute approximate surface area is 141 Å². The van der Waals surface area contributed by atoms with E-state index >= 15 is 0 Å². The molecule has 1 fully saturated rings.